The van der Waals surface area contributed by atoms with Crippen molar-refractivity contribution in [3.8, 4) is 0 Å². The van der Waals surface area contributed by atoms with Gasteiger partial charge in [-0.2, -0.15) is 8.42 Å². The van der Waals surface area contributed by atoms with E-state index in [0.29, 0.717) is 11.9 Å². The van der Waals surface area contributed by atoms with Gasteiger partial charge in [-0.05, 0) is 6.42 Å². The normalized spacial score (nSPS) is 13.7. The Morgan fingerprint density at radius 2 is 1.78 bits per heavy atom. The van der Waals surface area contributed by atoms with Gasteiger partial charge in [-0.3, -0.25) is 4.55 Å². The van der Waals surface area contributed by atoms with Crippen LogP contribution in [-0.4, -0.2) is 37.6 Å². The van der Waals surface area contributed by atoms with Crippen molar-refractivity contribution < 1.29 is 21.9 Å². The summed E-state index contributed by atoms with van der Waals surface area (Å²) in [6.45, 7) is 2.92. The summed E-state index contributed by atoms with van der Waals surface area (Å²) in [5.74, 6) is 0. The molecule has 0 aliphatic rings. The second-order valence-corrected chi connectivity index (χ2v) is 5.84. The SMILES string of the molecule is CCCCCCCCOCC(CBr)OS(=O)(=O)O. The van der Waals surface area contributed by atoms with E-state index in [1.165, 1.54) is 25.7 Å². The highest BCUT2D eigenvalue weighted by Gasteiger charge is 2.15. The lowest BCUT2D eigenvalue weighted by atomic mass is 10.1. The van der Waals surface area contributed by atoms with E-state index in [1.807, 2.05) is 0 Å². The molecule has 0 fully saturated rings. The lowest BCUT2D eigenvalue weighted by Crippen LogP contribution is -2.25. The number of alkyl halides is 1. The van der Waals surface area contributed by atoms with Gasteiger partial charge >= 0.3 is 10.4 Å². The van der Waals surface area contributed by atoms with E-state index in [0.717, 1.165) is 12.8 Å². The summed E-state index contributed by atoms with van der Waals surface area (Å²) in [6.07, 6.45) is 6.38. The number of unbranched alkanes of at least 4 members (excludes halogenated alkanes) is 5. The maximum absolute atomic E-state index is 10.5. The smallest absolute Gasteiger partial charge is 0.379 e. The fourth-order valence-corrected chi connectivity index (χ4v) is 2.43. The first-order valence-electron chi connectivity index (χ1n) is 6.29. The molecule has 1 unspecified atom stereocenters. The topological polar surface area (TPSA) is 72.8 Å². The molecule has 1 atom stereocenters. The molecule has 0 radical (unpaired) electrons. The maximum Gasteiger partial charge on any atom is 0.397 e. The molecule has 0 aromatic heterocycles. The molecule has 0 spiro atoms. The standard InChI is InChI=1S/C11H23BrO5S/c1-2-3-4-5-6-7-8-16-10-11(9-12)17-18(13,14)15/h11H,2-10H2,1H3,(H,13,14,15). The van der Waals surface area contributed by atoms with Crippen LogP contribution in [0, 0.1) is 0 Å². The van der Waals surface area contributed by atoms with E-state index >= 15 is 0 Å². The zero-order valence-electron chi connectivity index (χ0n) is 10.8. The Hall–Kier alpha value is 0.310. The van der Waals surface area contributed by atoms with Gasteiger partial charge in [0.2, 0.25) is 0 Å². The average molecular weight is 347 g/mol. The Labute approximate surface area is 118 Å². The quantitative estimate of drug-likeness (QED) is 0.334. The molecule has 0 rings (SSSR count). The fraction of sp³-hybridized carbons (Fsp3) is 1.00. The molecule has 0 amide bonds. The van der Waals surface area contributed by atoms with Crippen molar-refractivity contribution in [2.45, 2.75) is 51.6 Å². The minimum atomic E-state index is -4.40. The van der Waals surface area contributed by atoms with E-state index < -0.39 is 16.5 Å². The van der Waals surface area contributed by atoms with Gasteiger partial charge in [-0.25, -0.2) is 4.18 Å². The van der Waals surface area contributed by atoms with Crippen LogP contribution in [0.5, 0.6) is 0 Å². The first-order valence-corrected chi connectivity index (χ1v) is 8.77. The molecule has 0 aliphatic carbocycles. The molecule has 110 valence electrons. The highest BCUT2D eigenvalue weighted by Crippen LogP contribution is 2.06. The largest absolute Gasteiger partial charge is 0.397 e. The van der Waals surface area contributed by atoms with Crippen molar-refractivity contribution in [3.05, 3.63) is 0 Å². The van der Waals surface area contributed by atoms with Crippen LogP contribution in [0.15, 0.2) is 0 Å². The van der Waals surface area contributed by atoms with Crippen LogP contribution in [0.3, 0.4) is 0 Å². The van der Waals surface area contributed by atoms with Gasteiger partial charge in [0, 0.05) is 11.9 Å². The number of halogens is 1. The molecule has 18 heavy (non-hydrogen) atoms. The summed E-state index contributed by atoms with van der Waals surface area (Å²) < 4.78 is 39.2. The van der Waals surface area contributed by atoms with Crippen molar-refractivity contribution in [1.82, 2.24) is 0 Å². The summed E-state index contributed by atoms with van der Waals surface area (Å²) in [4.78, 5) is 0. The van der Waals surface area contributed by atoms with E-state index in [2.05, 4.69) is 27.0 Å². The van der Waals surface area contributed by atoms with Crippen molar-refractivity contribution in [2.24, 2.45) is 0 Å². The molecule has 0 aromatic carbocycles. The Morgan fingerprint density at radius 3 is 2.33 bits per heavy atom. The third-order valence-electron chi connectivity index (χ3n) is 2.38. The molecule has 0 bridgehead atoms. The fourth-order valence-electron chi connectivity index (χ4n) is 1.47. The minimum Gasteiger partial charge on any atom is -0.379 e. The highest BCUT2D eigenvalue weighted by atomic mass is 79.9. The van der Waals surface area contributed by atoms with Crippen LogP contribution in [0.1, 0.15) is 45.4 Å². The first-order chi connectivity index (χ1) is 8.49. The monoisotopic (exact) mass is 346 g/mol. The lowest BCUT2D eigenvalue weighted by molar-refractivity contribution is 0.0564. The van der Waals surface area contributed by atoms with Gasteiger partial charge in [0.15, 0.2) is 0 Å². The molecule has 1 N–H and O–H groups in total. The predicted octanol–water partition coefficient (Wildman–Crippen LogP) is 2.95. The number of rotatable bonds is 12. The average Bonchev–Trinajstić information content (AvgIpc) is 2.29. The first kappa shape index (κ1) is 18.3. The third kappa shape index (κ3) is 12.8. The van der Waals surface area contributed by atoms with E-state index in [9.17, 15) is 8.42 Å². The summed E-state index contributed by atoms with van der Waals surface area (Å²) in [5.41, 5.74) is 0. The molecule has 7 heteroatoms. The van der Waals surface area contributed by atoms with E-state index in [4.69, 9.17) is 9.29 Å². The lowest BCUT2D eigenvalue weighted by Gasteiger charge is -2.12. The van der Waals surface area contributed by atoms with Crippen LogP contribution in [0.4, 0.5) is 0 Å². The zero-order valence-corrected chi connectivity index (χ0v) is 13.2. The molecule has 0 saturated carbocycles. The molecule has 0 aromatic rings. The van der Waals surface area contributed by atoms with Gasteiger partial charge in [0.05, 0.1) is 6.61 Å². The number of hydrogen-bond donors (Lipinski definition) is 1. The van der Waals surface area contributed by atoms with Gasteiger partial charge in [-0.15, -0.1) is 0 Å². The van der Waals surface area contributed by atoms with E-state index in [1.54, 1.807) is 0 Å². The van der Waals surface area contributed by atoms with Crippen molar-refractivity contribution in [1.29, 1.82) is 0 Å². The van der Waals surface area contributed by atoms with Gasteiger partial charge < -0.3 is 4.74 Å². The van der Waals surface area contributed by atoms with Crippen LogP contribution in [0.2, 0.25) is 0 Å². The van der Waals surface area contributed by atoms with Crippen LogP contribution in [0.25, 0.3) is 0 Å². The minimum absolute atomic E-state index is 0.153. The maximum atomic E-state index is 10.5. The zero-order chi connectivity index (χ0) is 13.9. The number of hydrogen-bond acceptors (Lipinski definition) is 4. The van der Waals surface area contributed by atoms with Gasteiger partial charge in [0.1, 0.15) is 6.10 Å². The Morgan fingerprint density at radius 1 is 1.17 bits per heavy atom. The third-order valence-corrected chi connectivity index (χ3v) is 3.61. The summed E-state index contributed by atoms with van der Waals surface area (Å²) in [6, 6.07) is 0. The number of ether oxygens (including phenoxy) is 1. The van der Waals surface area contributed by atoms with Crippen LogP contribution >= 0.6 is 15.9 Å². The summed E-state index contributed by atoms with van der Waals surface area (Å²) >= 11 is 3.10. The predicted molar refractivity (Wildman–Crippen MR) is 74.4 cm³/mol. The van der Waals surface area contributed by atoms with Gasteiger partial charge in [-0.1, -0.05) is 55.0 Å². The molecular weight excluding hydrogens is 324 g/mol. The van der Waals surface area contributed by atoms with E-state index in [-0.39, 0.29) is 6.61 Å². The Bertz CT molecular complexity index is 281. The molecule has 0 saturated heterocycles. The highest BCUT2D eigenvalue weighted by molar-refractivity contribution is 9.09. The summed E-state index contributed by atoms with van der Waals surface area (Å²) in [7, 11) is -4.40. The second-order valence-electron chi connectivity index (χ2n) is 4.14. The van der Waals surface area contributed by atoms with Crippen LogP contribution < -0.4 is 0 Å². The molecular formula is C11H23BrO5S. The van der Waals surface area contributed by atoms with Gasteiger partial charge in [0.25, 0.3) is 0 Å². The summed E-state index contributed by atoms with van der Waals surface area (Å²) in [5, 5.41) is 0.295. The van der Waals surface area contributed by atoms with Crippen LogP contribution in [-0.2, 0) is 19.3 Å². The molecule has 5 nitrogen and oxygen atoms in total. The second kappa shape index (κ2) is 11.2. The Kier molecular flexibility index (Phi) is 11.4. The van der Waals surface area contributed by atoms with Crippen molar-refractivity contribution in [3.63, 3.8) is 0 Å². The molecule has 0 aliphatic heterocycles. The molecule has 0 heterocycles. The Balaban J connectivity index is 3.46. The van der Waals surface area contributed by atoms with Crippen molar-refractivity contribution in [2.75, 3.05) is 18.5 Å². The van der Waals surface area contributed by atoms with Crippen molar-refractivity contribution >= 4 is 26.3 Å².